The second-order valence-corrected chi connectivity index (χ2v) is 11.9. The summed E-state index contributed by atoms with van der Waals surface area (Å²) in [6.45, 7) is 0.310. The fourth-order valence-electron chi connectivity index (χ4n) is 5.96. The van der Waals surface area contributed by atoms with Gasteiger partial charge in [-0.2, -0.15) is 0 Å². The number of hydrogen-bond donors (Lipinski definition) is 4. The standard InChI is InChI=1S/C37H34N8O8/c46-30(47)16-20-42-28(43(21-17-31(48)49)35-34(42)38-24-10-6-7-11-25(24)39-35)14-4-2-1-3-5-15-29-44(22-18-32(50)51)36-37(45(29)23-19-33(52)53)41-27-13-9-8-12-26(27)40-36/h1-15H,16-23H2,(H3-,46,47,48,49,50,51,52,53)/p+1. The minimum absolute atomic E-state index is 0.0776. The van der Waals surface area contributed by atoms with Crippen LogP contribution < -0.4 is 14.4 Å². The molecule has 4 N–H and O–H groups in total. The first-order valence-electron chi connectivity index (χ1n) is 16.7. The van der Waals surface area contributed by atoms with Gasteiger partial charge in [0.25, 0.3) is 5.65 Å². The number of carboxylic acid groups (broad SMARTS) is 4. The first-order valence-corrected chi connectivity index (χ1v) is 16.7. The number of para-hydroxylation sites is 4. The molecule has 16 heteroatoms. The van der Waals surface area contributed by atoms with Crippen molar-refractivity contribution in [2.45, 2.75) is 38.8 Å². The molecule has 0 saturated heterocycles. The first kappa shape index (κ1) is 35.8. The van der Waals surface area contributed by atoms with Gasteiger partial charge in [-0.05, 0) is 30.3 Å². The molecule has 5 aromatic rings. The van der Waals surface area contributed by atoms with Crippen LogP contribution in [0.15, 0.2) is 90.8 Å². The molecule has 53 heavy (non-hydrogen) atoms. The Kier molecular flexibility index (Phi) is 10.8. The second-order valence-electron chi connectivity index (χ2n) is 11.9. The highest BCUT2D eigenvalue weighted by Gasteiger charge is 2.34. The van der Waals surface area contributed by atoms with Gasteiger partial charge in [0.05, 0.1) is 49.8 Å². The Balaban J connectivity index is 1.32. The van der Waals surface area contributed by atoms with E-state index < -0.39 is 23.9 Å². The Morgan fingerprint density at radius 1 is 0.585 bits per heavy atom. The van der Waals surface area contributed by atoms with Crippen LogP contribution in [0.1, 0.15) is 31.5 Å². The average molecular weight is 720 g/mol. The van der Waals surface area contributed by atoms with Crippen LogP contribution in [0.2, 0.25) is 0 Å². The summed E-state index contributed by atoms with van der Waals surface area (Å²) in [5.74, 6) is -2.10. The van der Waals surface area contributed by atoms with Crippen LogP contribution in [0.5, 0.6) is 0 Å². The van der Waals surface area contributed by atoms with Gasteiger partial charge in [0.2, 0.25) is 5.82 Å². The third kappa shape index (κ3) is 8.17. The molecule has 0 saturated carbocycles. The molecule has 0 spiro atoms. The maximum Gasteiger partial charge on any atom is 0.323 e. The van der Waals surface area contributed by atoms with E-state index in [-0.39, 0.29) is 51.9 Å². The lowest BCUT2D eigenvalue weighted by molar-refractivity contribution is -0.674. The van der Waals surface area contributed by atoms with Gasteiger partial charge in [-0.25, -0.2) is 24.1 Å². The van der Waals surface area contributed by atoms with E-state index >= 15 is 0 Å². The zero-order valence-corrected chi connectivity index (χ0v) is 28.3. The summed E-state index contributed by atoms with van der Waals surface area (Å²) in [5.41, 5.74) is 3.31. The lowest BCUT2D eigenvalue weighted by Gasteiger charge is -2.23. The highest BCUT2D eigenvalue weighted by molar-refractivity contribution is 5.87. The van der Waals surface area contributed by atoms with Crippen molar-refractivity contribution in [3.05, 3.63) is 96.6 Å². The van der Waals surface area contributed by atoms with E-state index in [9.17, 15) is 39.6 Å². The third-order valence-electron chi connectivity index (χ3n) is 8.33. The first-order chi connectivity index (χ1) is 25.6. The van der Waals surface area contributed by atoms with E-state index in [4.69, 9.17) is 19.9 Å². The molecule has 16 nitrogen and oxygen atoms in total. The Bertz CT molecular complexity index is 2220. The van der Waals surface area contributed by atoms with E-state index in [2.05, 4.69) is 0 Å². The predicted octanol–water partition coefficient (Wildman–Crippen LogP) is 4.01. The molecule has 270 valence electrons. The molecule has 0 bridgehead atoms. The summed E-state index contributed by atoms with van der Waals surface area (Å²) in [6, 6.07) is 14.5. The smallest absolute Gasteiger partial charge is 0.323 e. The van der Waals surface area contributed by atoms with Crippen molar-refractivity contribution < 1.29 is 44.2 Å². The molecule has 0 radical (unpaired) electrons. The molecule has 3 aromatic heterocycles. The molecular weight excluding hydrogens is 684 g/mol. The van der Waals surface area contributed by atoms with Gasteiger partial charge in [0.1, 0.15) is 11.3 Å². The Hall–Kier alpha value is -6.97. The summed E-state index contributed by atoms with van der Waals surface area (Å²) >= 11 is 0. The molecule has 4 heterocycles. The second kappa shape index (κ2) is 15.9. The molecule has 2 aromatic carbocycles. The van der Waals surface area contributed by atoms with Gasteiger partial charge < -0.3 is 30.2 Å². The van der Waals surface area contributed by atoms with Gasteiger partial charge in [-0.3, -0.25) is 19.2 Å². The normalized spacial score (nSPS) is 13.0. The fourth-order valence-corrected chi connectivity index (χ4v) is 5.96. The van der Waals surface area contributed by atoms with Crippen molar-refractivity contribution in [2.75, 3.05) is 22.9 Å². The van der Waals surface area contributed by atoms with Crippen LogP contribution in [0, 0.1) is 0 Å². The summed E-state index contributed by atoms with van der Waals surface area (Å²) < 4.78 is 3.44. The lowest BCUT2D eigenvalue weighted by Crippen LogP contribution is -2.38. The maximum absolute atomic E-state index is 11.6. The number of carboxylic acids is 4. The van der Waals surface area contributed by atoms with Gasteiger partial charge in [-0.1, -0.05) is 59.6 Å². The van der Waals surface area contributed by atoms with E-state index in [1.54, 1.807) is 85.7 Å². The molecule has 0 unspecified atom stereocenters. The molecule has 1 aliphatic heterocycles. The van der Waals surface area contributed by atoms with Gasteiger partial charge >= 0.3 is 29.5 Å². The molecule has 0 fully saturated rings. The zero-order chi connectivity index (χ0) is 37.5. The number of aliphatic carboxylic acids is 4. The van der Waals surface area contributed by atoms with Gasteiger partial charge in [0.15, 0.2) is 17.2 Å². The number of allylic oxidation sites excluding steroid dienone is 6. The fraction of sp³-hybridized carbons (Fsp3) is 0.216. The molecule has 0 aliphatic carbocycles. The number of nitrogens with zero attached hydrogens (tertiary/aromatic N) is 8. The quantitative estimate of drug-likeness (QED) is 0.0838. The monoisotopic (exact) mass is 719 g/mol. The molecule has 1 aliphatic rings. The largest absolute Gasteiger partial charge is 0.481 e. The molecule has 0 amide bonds. The van der Waals surface area contributed by atoms with E-state index in [0.717, 1.165) is 0 Å². The topological polar surface area (TPSA) is 216 Å². The number of aromatic nitrogens is 6. The minimum atomic E-state index is -1.000. The van der Waals surface area contributed by atoms with Gasteiger partial charge in [0, 0.05) is 19.2 Å². The highest BCUT2D eigenvalue weighted by Crippen LogP contribution is 2.40. The molecular formula is C37H35N8O8+. The van der Waals surface area contributed by atoms with Crippen LogP contribution in [0.25, 0.3) is 39.4 Å². The SMILES string of the molecule is O=C(O)CCN1C(=CC=CC=CC=Cc2n(CCC(=O)O)c3nc4ccccc4nc3[n+]2CCC(=O)O)N(CCC(=O)O)c2nc3ccccc3nc21. The number of imidazole rings is 1. The Morgan fingerprint density at radius 2 is 1.06 bits per heavy atom. The summed E-state index contributed by atoms with van der Waals surface area (Å²) in [7, 11) is 0. The number of anilines is 2. The van der Waals surface area contributed by atoms with Crippen molar-refractivity contribution in [3.8, 4) is 0 Å². The number of carbonyl (C=O) groups is 4. The van der Waals surface area contributed by atoms with Crippen molar-refractivity contribution >= 4 is 75.0 Å². The lowest BCUT2D eigenvalue weighted by atomic mass is 10.3. The van der Waals surface area contributed by atoms with E-state index in [1.807, 2.05) is 24.3 Å². The summed E-state index contributed by atoms with van der Waals surface area (Å²) in [6.07, 6.45) is 11.4. The number of benzene rings is 2. The van der Waals surface area contributed by atoms with Crippen molar-refractivity contribution in [3.63, 3.8) is 0 Å². The maximum atomic E-state index is 11.6. The van der Waals surface area contributed by atoms with Crippen LogP contribution in [0.4, 0.5) is 11.6 Å². The number of fused-ring (bicyclic) bond motifs is 4. The molecule has 6 rings (SSSR count). The Morgan fingerprint density at radius 3 is 1.60 bits per heavy atom. The van der Waals surface area contributed by atoms with Crippen molar-refractivity contribution in [1.82, 2.24) is 24.5 Å². The van der Waals surface area contributed by atoms with Gasteiger partial charge in [-0.15, -0.1) is 0 Å². The van der Waals surface area contributed by atoms with E-state index in [1.165, 1.54) is 0 Å². The number of aryl methyl sites for hydroxylation is 2. The third-order valence-corrected chi connectivity index (χ3v) is 8.33. The predicted molar refractivity (Wildman–Crippen MR) is 194 cm³/mol. The summed E-state index contributed by atoms with van der Waals surface area (Å²) in [4.78, 5) is 68.7. The summed E-state index contributed by atoms with van der Waals surface area (Å²) in [5, 5.41) is 37.9. The Labute approximate surface area is 301 Å². The van der Waals surface area contributed by atoms with Crippen molar-refractivity contribution in [2.24, 2.45) is 0 Å². The average Bonchev–Trinajstić information content (AvgIpc) is 3.57. The molecule has 0 atom stereocenters. The van der Waals surface area contributed by atoms with Crippen LogP contribution in [-0.4, -0.2) is 81.9 Å². The minimum Gasteiger partial charge on any atom is -0.481 e. The van der Waals surface area contributed by atoms with E-state index in [0.29, 0.717) is 56.6 Å². The number of rotatable bonds is 16. The highest BCUT2D eigenvalue weighted by atomic mass is 16.4. The van der Waals surface area contributed by atoms with Crippen molar-refractivity contribution in [1.29, 1.82) is 0 Å². The van der Waals surface area contributed by atoms with Crippen LogP contribution in [0.3, 0.4) is 0 Å². The zero-order valence-electron chi connectivity index (χ0n) is 28.3. The van der Waals surface area contributed by atoms with Crippen LogP contribution >= 0.6 is 0 Å². The number of hydrogen-bond acceptors (Lipinski definition) is 10. The van der Waals surface area contributed by atoms with Crippen LogP contribution in [-0.2, 0) is 32.3 Å².